The molecular weight excluding hydrogens is 222 g/mol. The van der Waals surface area contributed by atoms with E-state index in [1.54, 1.807) is 6.08 Å². The number of hydrogen-bond acceptors (Lipinski definition) is 3. The maximum absolute atomic E-state index is 10.2. The highest BCUT2D eigenvalue weighted by Crippen LogP contribution is 2.28. The van der Waals surface area contributed by atoms with Gasteiger partial charge in [0.15, 0.2) is 0 Å². The molecule has 0 saturated carbocycles. The van der Waals surface area contributed by atoms with Crippen LogP contribution in [0.15, 0.2) is 24.3 Å². The van der Waals surface area contributed by atoms with Crippen molar-refractivity contribution in [2.24, 2.45) is 0 Å². The fourth-order valence-corrected chi connectivity index (χ4v) is 1.91. The van der Waals surface area contributed by atoms with Crippen LogP contribution in [0.3, 0.4) is 0 Å². The topological polar surface area (TPSA) is 40.5 Å². The summed E-state index contributed by atoms with van der Waals surface area (Å²) in [4.78, 5) is 12.1. The van der Waals surface area contributed by atoms with Crippen molar-refractivity contribution < 1.29 is 9.90 Å². The van der Waals surface area contributed by atoms with Crippen LogP contribution in [0, 0.1) is 0 Å². The van der Waals surface area contributed by atoms with Crippen molar-refractivity contribution >= 4 is 33.9 Å². The first-order valence-electron chi connectivity index (χ1n) is 3.95. The highest BCUT2D eigenvalue weighted by atomic mass is 35.5. The van der Waals surface area contributed by atoms with Crippen LogP contribution < -0.4 is 4.90 Å². The molecule has 0 amide bonds. The predicted molar refractivity (Wildman–Crippen MR) is 59.4 cm³/mol. The standard InChI is InChI=1S/C9H10ClNO2S/c1-11(6-2-3-9(12)13)8-5-4-7(10)14-8/h2-5H,6H2,1H3,(H,12,13)/b3-2+. The first-order chi connectivity index (χ1) is 6.59. The number of likely N-dealkylation sites (N-methyl/N-ethyl adjacent to an activating group) is 1. The summed E-state index contributed by atoms with van der Waals surface area (Å²) >= 11 is 7.23. The summed E-state index contributed by atoms with van der Waals surface area (Å²) in [6.07, 6.45) is 2.72. The van der Waals surface area contributed by atoms with Crippen molar-refractivity contribution in [1.82, 2.24) is 0 Å². The van der Waals surface area contributed by atoms with Gasteiger partial charge in [-0.05, 0) is 12.1 Å². The summed E-state index contributed by atoms with van der Waals surface area (Å²) in [5.41, 5.74) is 0. The molecule has 0 saturated heterocycles. The number of anilines is 1. The molecule has 0 bridgehead atoms. The van der Waals surface area contributed by atoms with Crippen molar-refractivity contribution in [2.45, 2.75) is 0 Å². The third-order valence-corrected chi connectivity index (χ3v) is 2.92. The molecule has 0 fully saturated rings. The van der Waals surface area contributed by atoms with E-state index in [0.717, 1.165) is 15.4 Å². The highest BCUT2D eigenvalue weighted by Gasteiger charge is 2.01. The highest BCUT2D eigenvalue weighted by molar-refractivity contribution is 7.19. The molecule has 0 unspecified atom stereocenters. The van der Waals surface area contributed by atoms with E-state index in [9.17, 15) is 4.79 Å². The Kier molecular flexibility index (Phi) is 3.98. The van der Waals surface area contributed by atoms with Crippen LogP contribution in [-0.4, -0.2) is 24.7 Å². The number of carbonyl (C=O) groups is 1. The molecule has 3 nitrogen and oxygen atoms in total. The SMILES string of the molecule is CN(C/C=C/C(=O)O)c1ccc(Cl)s1. The monoisotopic (exact) mass is 231 g/mol. The number of thiophene rings is 1. The average Bonchev–Trinajstić information content (AvgIpc) is 2.51. The minimum atomic E-state index is -0.928. The zero-order valence-corrected chi connectivity index (χ0v) is 9.18. The van der Waals surface area contributed by atoms with E-state index in [1.807, 2.05) is 24.1 Å². The van der Waals surface area contributed by atoms with Gasteiger partial charge in [0, 0.05) is 19.7 Å². The van der Waals surface area contributed by atoms with Crippen LogP contribution in [0.5, 0.6) is 0 Å². The maximum atomic E-state index is 10.2. The van der Waals surface area contributed by atoms with Crippen LogP contribution in [-0.2, 0) is 4.79 Å². The lowest BCUT2D eigenvalue weighted by Gasteiger charge is -2.13. The fraction of sp³-hybridized carbons (Fsp3) is 0.222. The van der Waals surface area contributed by atoms with E-state index in [2.05, 4.69) is 0 Å². The molecule has 0 aromatic carbocycles. The molecule has 14 heavy (non-hydrogen) atoms. The van der Waals surface area contributed by atoms with E-state index in [0.29, 0.717) is 6.54 Å². The summed E-state index contributed by atoms with van der Waals surface area (Å²) in [6.45, 7) is 0.559. The van der Waals surface area contributed by atoms with Crippen molar-refractivity contribution in [2.75, 3.05) is 18.5 Å². The van der Waals surface area contributed by atoms with Crippen LogP contribution in [0.4, 0.5) is 5.00 Å². The average molecular weight is 232 g/mol. The molecule has 5 heteroatoms. The third-order valence-electron chi connectivity index (χ3n) is 1.57. The molecule has 0 atom stereocenters. The van der Waals surface area contributed by atoms with Crippen LogP contribution in [0.2, 0.25) is 4.34 Å². The van der Waals surface area contributed by atoms with Gasteiger partial charge >= 0.3 is 5.97 Å². The molecule has 1 rings (SSSR count). The third kappa shape index (κ3) is 3.40. The Morgan fingerprint density at radius 3 is 2.93 bits per heavy atom. The number of halogens is 1. The van der Waals surface area contributed by atoms with Crippen LogP contribution in [0.1, 0.15) is 0 Å². The molecular formula is C9H10ClNO2S. The molecule has 0 spiro atoms. The van der Waals surface area contributed by atoms with Crippen molar-refractivity contribution in [1.29, 1.82) is 0 Å². The summed E-state index contributed by atoms with van der Waals surface area (Å²) in [6, 6.07) is 3.72. The fourth-order valence-electron chi connectivity index (χ4n) is 0.912. The second-order valence-electron chi connectivity index (χ2n) is 2.70. The van der Waals surface area contributed by atoms with Gasteiger partial charge < -0.3 is 10.0 Å². The normalized spacial score (nSPS) is 10.7. The van der Waals surface area contributed by atoms with E-state index in [1.165, 1.54) is 11.3 Å². The Hall–Kier alpha value is -1.000. The molecule has 0 radical (unpaired) electrons. The predicted octanol–water partition coefficient (Wildman–Crippen LogP) is 2.48. The van der Waals surface area contributed by atoms with Crippen LogP contribution >= 0.6 is 22.9 Å². The smallest absolute Gasteiger partial charge is 0.328 e. The van der Waals surface area contributed by atoms with Crippen LogP contribution in [0.25, 0.3) is 0 Å². The Morgan fingerprint density at radius 2 is 2.43 bits per heavy atom. The quantitative estimate of drug-likeness (QED) is 0.810. The summed E-state index contributed by atoms with van der Waals surface area (Å²) in [5, 5.41) is 9.40. The summed E-state index contributed by atoms with van der Waals surface area (Å²) in [7, 11) is 1.88. The number of carboxylic acid groups (broad SMARTS) is 1. The minimum Gasteiger partial charge on any atom is -0.478 e. The lowest BCUT2D eigenvalue weighted by Crippen LogP contribution is -2.15. The zero-order valence-electron chi connectivity index (χ0n) is 7.61. The van der Waals surface area contributed by atoms with Gasteiger partial charge in [-0.1, -0.05) is 17.7 Å². The summed E-state index contributed by atoms with van der Waals surface area (Å²) < 4.78 is 0.731. The van der Waals surface area contributed by atoms with Gasteiger partial charge in [-0.15, -0.1) is 11.3 Å². The number of rotatable bonds is 4. The molecule has 76 valence electrons. The molecule has 1 heterocycles. The molecule has 1 aromatic rings. The van der Waals surface area contributed by atoms with E-state index in [-0.39, 0.29) is 0 Å². The second kappa shape index (κ2) is 5.02. The Balaban J connectivity index is 2.50. The number of carboxylic acids is 1. The first-order valence-corrected chi connectivity index (χ1v) is 5.15. The Bertz CT molecular complexity index is 348. The van der Waals surface area contributed by atoms with Gasteiger partial charge in [0.05, 0.1) is 9.34 Å². The lowest BCUT2D eigenvalue weighted by molar-refractivity contribution is -0.131. The maximum Gasteiger partial charge on any atom is 0.328 e. The van der Waals surface area contributed by atoms with E-state index in [4.69, 9.17) is 16.7 Å². The van der Waals surface area contributed by atoms with E-state index >= 15 is 0 Å². The molecule has 0 aliphatic rings. The van der Waals surface area contributed by atoms with Gasteiger partial charge in [-0.3, -0.25) is 0 Å². The number of nitrogens with zero attached hydrogens (tertiary/aromatic N) is 1. The second-order valence-corrected chi connectivity index (χ2v) is 4.39. The minimum absolute atomic E-state index is 0.559. The van der Waals surface area contributed by atoms with Crippen molar-refractivity contribution in [3.63, 3.8) is 0 Å². The molecule has 0 aliphatic carbocycles. The number of hydrogen-bond donors (Lipinski definition) is 1. The molecule has 0 aliphatic heterocycles. The van der Waals surface area contributed by atoms with Gasteiger partial charge in [-0.25, -0.2) is 4.79 Å². The lowest BCUT2D eigenvalue weighted by atomic mass is 10.4. The van der Waals surface area contributed by atoms with Gasteiger partial charge in [0.25, 0.3) is 0 Å². The van der Waals surface area contributed by atoms with Gasteiger partial charge in [0.2, 0.25) is 0 Å². The molecule has 1 N–H and O–H groups in total. The molecule has 1 aromatic heterocycles. The Labute approximate surface area is 91.2 Å². The number of aliphatic carboxylic acids is 1. The van der Waals surface area contributed by atoms with Crippen molar-refractivity contribution in [3.05, 3.63) is 28.6 Å². The van der Waals surface area contributed by atoms with Gasteiger partial charge in [0.1, 0.15) is 0 Å². The Morgan fingerprint density at radius 1 is 1.71 bits per heavy atom. The van der Waals surface area contributed by atoms with Crippen molar-refractivity contribution in [3.8, 4) is 0 Å². The van der Waals surface area contributed by atoms with Gasteiger partial charge in [-0.2, -0.15) is 0 Å². The first kappa shape index (κ1) is 11.1. The van der Waals surface area contributed by atoms with E-state index < -0.39 is 5.97 Å². The largest absolute Gasteiger partial charge is 0.478 e. The zero-order chi connectivity index (χ0) is 10.6. The summed E-state index contributed by atoms with van der Waals surface area (Å²) in [5.74, 6) is -0.928.